The Labute approximate surface area is 77.7 Å². The van der Waals surface area contributed by atoms with E-state index in [-0.39, 0.29) is 11.8 Å². The molecule has 0 bridgehead atoms. The van der Waals surface area contributed by atoms with Gasteiger partial charge in [0, 0.05) is 11.3 Å². The van der Waals surface area contributed by atoms with E-state index in [1.54, 1.807) is 0 Å². The maximum Gasteiger partial charge on any atom is 0.257 e. The number of alkyl halides is 2. The Hall–Kier alpha value is -0.180. The predicted octanol–water partition coefficient (Wildman–Crippen LogP) is 2.41. The van der Waals surface area contributed by atoms with Crippen LogP contribution in [-0.4, -0.2) is 12.5 Å². The van der Waals surface area contributed by atoms with E-state index >= 15 is 0 Å². The van der Waals surface area contributed by atoms with Crippen molar-refractivity contribution < 1.29 is 8.78 Å². The van der Waals surface area contributed by atoms with Crippen molar-refractivity contribution in [2.24, 2.45) is 23.0 Å². The molecule has 2 saturated carbocycles. The highest BCUT2D eigenvalue weighted by Crippen LogP contribution is 2.75. The number of halogens is 2. The average molecular weight is 189 g/mol. The van der Waals surface area contributed by atoms with Crippen molar-refractivity contribution in [3.8, 4) is 0 Å². The topological polar surface area (TPSA) is 26.0 Å². The van der Waals surface area contributed by atoms with E-state index in [1.165, 1.54) is 0 Å². The molecule has 2 rings (SSSR count). The monoisotopic (exact) mass is 189 g/mol. The molecule has 3 heteroatoms. The van der Waals surface area contributed by atoms with Gasteiger partial charge in [0.2, 0.25) is 0 Å². The molecule has 2 N–H and O–H groups in total. The molecule has 0 radical (unpaired) electrons. The van der Waals surface area contributed by atoms with Crippen molar-refractivity contribution in [2.45, 2.75) is 38.5 Å². The fraction of sp³-hybridized carbons (Fsp3) is 1.00. The number of rotatable bonds is 2. The maximum absolute atomic E-state index is 13.5. The van der Waals surface area contributed by atoms with E-state index < -0.39 is 11.3 Å². The molecule has 0 aliphatic heterocycles. The molecule has 13 heavy (non-hydrogen) atoms. The van der Waals surface area contributed by atoms with Gasteiger partial charge in [-0.3, -0.25) is 0 Å². The Balaban J connectivity index is 2.21. The van der Waals surface area contributed by atoms with Gasteiger partial charge in [-0.1, -0.05) is 19.8 Å². The van der Waals surface area contributed by atoms with E-state index in [9.17, 15) is 8.78 Å². The normalized spacial score (nSPS) is 43.8. The van der Waals surface area contributed by atoms with Crippen LogP contribution < -0.4 is 5.73 Å². The van der Waals surface area contributed by atoms with E-state index in [2.05, 4.69) is 0 Å². The van der Waals surface area contributed by atoms with Gasteiger partial charge in [-0.15, -0.1) is 0 Å². The van der Waals surface area contributed by atoms with Crippen LogP contribution in [0.15, 0.2) is 0 Å². The van der Waals surface area contributed by atoms with Crippen molar-refractivity contribution in [1.29, 1.82) is 0 Å². The van der Waals surface area contributed by atoms with Crippen molar-refractivity contribution in [2.75, 3.05) is 6.54 Å². The smallest absolute Gasteiger partial charge is 0.257 e. The molecular weight excluding hydrogens is 172 g/mol. The molecule has 3 atom stereocenters. The third-order valence-corrected chi connectivity index (χ3v) is 4.16. The Bertz CT molecular complexity index is 217. The van der Waals surface area contributed by atoms with Crippen LogP contribution in [0.5, 0.6) is 0 Å². The van der Waals surface area contributed by atoms with Crippen molar-refractivity contribution >= 4 is 0 Å². The fourth-order valence-electron chi connectivity index (χ4n) is 3.23. The van der Waals surface area contributed by atoms with Gasteiger partial charge < -0.3 is 5.73 Å². The molecule has 0 amide bonds. The van der Waals surface area contributed by atoms with Crippen LogP contribution in [0.2, 0.25) is 0 Å². The molecule has 2 aliphatic carbocycles. The van der Waals surface area contributed by atoms with Gasteiger partial charge >= 0.3 is 0 Å². The molecule has 76 valence electrons. The fourth-order valence-corrected chi connectivity index (χ4v) is 3.23. The largest absolute Gasteiger partial charge is 0.330 e. The Morgan fingerprint density at radius 2 is 2.15 bits per heavy atom. The van der Waals surface area contributed by atoms with Crippen LogP contribution in [0.1, 0.15) is 32.6 Å². The zero-order valence-corrected chi connectivity index (χ0v) is 8.02. The first-order chi connectivity index (χ1) is 6.07. The molecular formula is C10H17F2N. The zero-order chi connectivity index (χ0) is 9.69. The van der Waals surface area contributed by atoms with Crippen LogP contribution >= 0.6 is 0 Å². The molecule has 0 aromatic rings. The summed E-state index contributed by atoms with van der Waals surface area (Å²) in [5.41, 5.74) is 4.79. The van der Waals surface area contributed by atoms with Crippen LogP contribution in [0.3, 0.4) is 0 Å². The summed E-state index contributed by atoms with van der Waals surface area (Å²) in [5.74, 6) is -2.79. The molecule has 2 unspecified atom stereocenters. The standard InChI is InChI=1S/C10H17F2N/c1-7(6-13)9-5-3-2-4-8(9)10(9,11)12/h7-8H,2-6,13H2,1H3/t7-,8?,9?/m0/s1. The van der Waals surface area contributed by atoms with Crippen molar-refractivity contribution in [3.63, 3.8) is 0 Å². The lowest BCUT2D eigenvalue weighted by molar-refractivity contribution is 0.0375. The second-order valence-electron chi connectivity index (χ2n) is 4.60. The first kappa shape index (κ1) is 9.38. The van der Waals surface area contributed by atoms with E-state index in [0.717, 1.165) is 12.8 Å². The lowest BCUT2D eigenvalue weighted by atomic mass is 9.79. The molecule has 0 saturated heterocycles. The van der Waals surface area contributed by atoms with Gasteiger partial charge in [-0.05, 0) is 25.3 Å². The predicted molar refractivity (Wildman–Crippen MR) is 47.6 cm³/mol. The maximum atomic E-state index is 13.5. The lowest BCUT2D eigenvalue weighted by Gasteiger charge is -2.25. The van der Waals surface area contributed by atoms with Gasteiger partial charge in [0.05, 0.1) is 0 Å². The first-order valence-electron chi connectivity index (χ1n) is 5.15. The van der Waals surface area contributed by atoms with Crippen LogP contribution in [0.4, 0.5) is 8.78 Å². The summed E-state index contributed by atoms with van der Waals surface area (Å²) in [6.07, 6.45) is 3.32. The number of hydrogen-bond donors (Lipinski definition) is 1. The molecule has 0 aromatic carbocycles. The van der Waals surface area contributed by atoms with Crippen molar-refractivity contribution in [1.82, 2.24) is 0 Å². The van der Waals surface area contributed by atoms with Crippen LogP contribution in [0.25, 0.3) is 0 Å². The summed E-state index contributed by atoms with van der Waals surface area (Å²) >= 11 is 0. The van der Waals surface area contributed by atoms with Crippen LogP contribution in [-0.2, 0) is 0 Å². The van der Waals surface area contributed by atoms with Gasteiger partial charge in [0.25, 0.3) is 5.92 Å². The number of hydrogen-bond acceptors (Lipinski definition) is 1. The summed E-state index contributed by atoms with van der Waals surface area (Å²) in [4.78, 5) is 0. The minimum Gasteiger partial charge on any atom is -0.330 e. The highest BCUT2D eigenvalue weighted by molar-refractivity contribution is 5.21. The molecule has 2 aliphatic rings. The Morgan fingerprint density at radius 3 is 2.69 bits per heavy atom. The highest BCUT2D eigenvalue weighted by atomic mass is 19.3. The molecule has 0 spiro atoms. The SMILES string of the molecule is C[C@@H](CN)C12CCCCC1C2(F)F. The summed E-state index contributed by atoms with van der Waals surface area (Å²) in [6, 6.07) is 0. The third-order valence-electron chi connectivity index (χ3n) is 4.16. The average Bonchev–Trinajstić information content (AvgIpc) is 2.65. The van der Waals surface area contributed by atoms with Crippen molar-refractivity contribution in [3.05, 3.63) is 0 Å². The second-order valence-corrected chi connectivity index (χ2v) is 4.60. The Morgan fingerprint density at radius 1 is 1.46 bits per heavy atom. The third kappa shape index (κ3) is 0.940. The minimum atomic E-state index is -2.41. The summed E-state index contributed by atoms with van der Waals surface area (Å²) in [7, 11) is 0. The minimum absolute atomic E-state index is 0.0206. The Kier molecular flexibility index (Phi) is 1.92. The molecule has 1 nitrogen and oxygen atoms in total. The van der Waals surface area contributed by atoms with Gasteiger partial charge in [0.15, 0.2) is 0 Å². The van der Waals surface area contributed by atoms with E-state index in [1.807, 2.05) is 6.92 Å². The van der Waals surface area contributed by atoms with E-state index in [4.69, 9.17) is 5.73 Å². The summed E-state index contributed by atoms with van der Waals surface area (Å²) < 4.78 is 27.1. The number of nitrogens with two attached hydrogens (primary N) is 1. The zero-order valence-electron chi connectivity index (χ0n) is 8.02. The lowest BCUT2D eigenvalue weighted by Crippen LogP contribution is -2.28. The first-order valence-corrected chi connectivity index (χ1v) is 5.15. The second kappa shape index (κ2) is 2.66. The molecule has 0 aromatic heterocycles. The van der Waals surface area contributed by atoms with Crippen LogP contribution in [0, 0.1) is 17.3 Å². The summed E-state index contributed by atoms with van der Waals surface area (Å²) in [6.45, 7) is 2.27. The molecule has 0 heterocycles. The highest BCUT2D eigenvalue weighted by Gasteiger charge is 2.81. The number of fused-ring (bicyclic) bond motifs is 1. The molecule has 2 fully saturated rings. The van der Waals surface area contributed by atoms with E-state index in [0.29, 0.717) is 19.4 Å². The summed E-state index contributed by atoms with van der Waals surface area (Å²) in [5, 5.41) is 0. The van der Waals surface area contributed by atoms with Gasteiger partial charge in [-0.25, -0.2) is 8.78 Å². The quantitative estimate of drug-likeness (QED) is 0.709. The van der Waals surface area contributed by atoms with Gasteiger partial charge in [-0.2, -0.15) is 0 Å². The van der Waals surface area contributed by atoms with Gasteiger partial charge in [0.1, 0.15) is 0 Å².